The van der Waals surface area contributed by atoms with Crippen LogP contribution in [0, 0.1) is 0 Å². The minimum atomic E-state index is -0.131. The zero-order valence-corrected chi connectivity index (χ0v) is 9.85. The molecular formula is C12H18N4O. The van der Waals surface area contributed by atoms with Crippen molar-refractivity contribution in [2.75, 3.05) is 11.9 Å². The molecule has 5 heteroatoms. The molecule has 5 nitrogen and oxygen atoms in total. The van der Waals surface area contributed by atoms with Crippen molar-refractivity contribution in [3.63, 3.8) is 0 Å². The Balaban J connectivity index is 1.74. The van der Waals surface area contributed by atoms with Crippen LogP contribution in [-0.2, 0) is 0 Å². The van der Waals surface area contributed by atoms with Gasteiger partial charge >= 0.3 is 0 Å². The Morgan fingerprint density at radius 3 is 2.88 bits per heavy atom. The van der Waals surface area contributed by atoms with Gasteiger partial charge < -0.3 is 15.6 Å². The van der Waals surface area contributed by atoms with Gasteiger partial charge in [0.15, 0.2) is 5.82 Å². The quantitative estimate of drug-likeness (QED) is 0.811. The average molecular weight is 234 g/mol. The Hall–Kier alpha value is -1.36. The third-order valence-electron chi connectivity index (χ3n) is 3.77. The van der Waals surface area contributed by atoms with Crippen molar-refractivity contribution in [3.8, 4) is 0 Å². The molecule has 3 N–H and O–H groups in total. The van der Waals surface area contributed by atoms with Gasteiger partial charge in [0.25, 0.3) is 5.56 Å². The second-order valence-electron chi connectivity index (χ2n) is 5.29. The highest BCUT2D eigenvalue weighted by Crippen LogP contribution is 2.33. The molecule has 0 aliphatic heterocycles. The number of nitrogens with two attached hydrogens (primary N) is 1. The van der Waals surface area contributed by atoms with Gasteiger partial charge in [-0.3, -0.25) is 4.79 Å². The van der Waals surface area contributed by atoms with Gasteiger partial charge in [0.05, 0.1) is 0 Å². The predicted molar refractivity (Wildman–Crippen MR) is 66.0 cm³/mol. The number of nitrogens with one attached hydrogen (secondary N) is 1. The van der Waals surface area contributed by atoms with Crippen LogP contribution in [0.15, 0.2) is 17.2 Å². The van der Waals surface area contributed by atoms with E-state index in [1.807, 2.05) is 0 Å². The van der Waals surface area contributed by atoms with Crippen molar-refractivity contribution in [1.29, 1.82) is 0 Å². The molecule has 0 bridgehead atoms. The minimum absolute atomic E-state index is 0.0158. The van der Waals surface area contributed by atoms with Crippen molar-refractivity contribution < 1.29 is 0 Å². The fourth-order valence-corrected chi connectivity index (χ4v) is 2.25. The van der Waals surface area contributed by atoms with Crippen molar-refractivity contribution in [2.45, 2.75) is 43.7 Å². The van der Waals surface area contributed by atoms with E-state index in [1.54, 1.807) is 17.0 Å². The lowest BCUT2D eigenvalue weighted by Crippen LogP contribution is -2.52. The highest BCUT2D eigenvalue weighted by Gasteiger charge is 2.32. The molecule has 2 saturated carbocycles. The highest BCUT2D eigenvalue weighted by atomic mass is 16.1. The van der Waals surface area contributed by atoms with E-state index < -0.39 is 0 Å². The van der Waals surface area contributed by atoms with Gasteiger partial charge in [0.1, 0.15) is 0 Å². The fourth-order valence-electron chi connectivity index (χ4n) is 2.25. The van der Waals surface area contributed by atoms with Crippen molar-refractivity contribution in [3.05, 3.63) is 22.7 Å². The van der Waals surface area contributed by atoms with Gasteiger partial charge in [-0.05, 0) is 32.1 Å². The van der Waals surface area contributed by atoms with E-state index in [-0.39, 0.29) is 11.1 Å². The molecule has 2 aliphatic rings. The number of rotatable bonds is 4. The van der Waals surface area contributed by atoms with Crippen LogP contribution in [-0.4, -0.2) is 21.6 Å². The maximum Gasteiger partial charge on any atom is 0.293 e. The molecule has 1 aromatic heterocycles. The molecule has 2 aliphatic carbocycles. The maximum atomic E-state index is 12.1. The van der Waals surface area contributed by atoms with Crippen LogP contribution in [0.25, 0.3) is 0 Å². The second kappa shape index (κ2) is 3.84. The Kier molecular flexibility index (Phi) is 2.43. The Morgan fingerprint density at radius 2 is 2.29 bits per heavy atom. The van der Waals surface area contributed by atoms with E-state index in [0.29, 0.717) is 18.4 Å². The monoisotopic (exact) mass is 234 g/mol. The number of hydrogen-bond acceptors (Lipinski definition) is 4. The first-order valence-corrected chi connectivity index (χ1v) is 6.28. The van der Waals surface area contributed by atoms with Crippen molar-refractivity contribution in [1.82, 2.24) is 9.55 Å². The molecule has 0 amide bonds. The molecule has 17 heavy (non-hydrogen) atoms. The topological polar surface area (TPSA) is 72.9 Å². The van der Waals surface area contributed by atoms with Crippen LogP contribution in [0.4, 0.5) is 5.82 Å². The molecular weight excluding hydrogens is 216 g/mol. The van der Waals surface area contributed by atoms with Crippen LogP contribution in [0.1, 0.15) is 38.1 Å². The zero-order chi connectivity index (χ0) is 11.9. The summed E-state index contributed by atoms with van der Waals surface area (Å²) in [5.41, 5.74) is 5.97. The summed E-state index contributed by atoms with van der Waals surface area (Å²) >= 11 is 0. The predicted octanol–water partition coefficient (Wildman–Crippen LogP) is 0.871. The number of aromatic nitrogens is 2. The summed E-state index contributed by atoms with van der Waals surface area (Å²) in [6.07, 6.45) is 8.91. The molecule has 3 rings (SSSR count). The lowest BCUT2D eigenvalue weighted by molar-refractivity contribution is 0.265. The van der Waals surface area contributed by atoms with Gasteiger partial charge in [-0.2, -0.15) is 0 Å². The van der Waals surface area contributed by atoms with Gasteiger partial charge in [-0.25, -0.2) is 4.98 Å². The standard InChI is InChI=1S/C12H18N4O/c13-12(4-1-5-12)8-15-10-11(17)16(7-6-14-10)9-2-3-9/h6-7,9H,1-5,8,13H2,(H,14,15). The van der Waals surface area contributed by atoms with Gasteiger partial charge in [-0.15, -0.1) is 0 Å². The second-order valence-corrected chi connectivity index (χ2v) is 5.29. The largest absolute Gasteiger partial charge is 0.364 e. The lowest BCUT2D eigenvalue weighted by atomic mass is 9.78. The molecule has 0 atom stereocenters. The fraction of sp³-hybridized carbons (Fsp3) is 0.667. The van der Waals surface area contributed by atoms with E-state index >= 15 is 0 Å². The summed E-state index contributed by atoms with van der Waals surface area (Å²) in [6, 6.07) is 0.390. The summed E-state index contributed by atoms with van der Waals surface area (Å²) < 4.78 is 1.78. The Bertz CT molecular complexity index is 474. The van der Waals surface area contributed by atoms with Crippen molar-refractivity contribution in [2.24, 2.45) is 5.73 Å². The Labute approximate surface area is 100 Å². The first-order valence-electron chi connectivity index (χ1n) is 6.28. The molecule has 0 unspecified atom stereocenters. The van der Waals surface area contributed by atoms with E-state index in [0.717, 1.165) is 25.7 Å². The number of nitrogens with zero attached hydrogens (tertiary/aromatic N) is 2. The van der Waals surface area contributed by atoms with E-state index in [2.05, 4.69) is 10.3 Å². The molecule has 1 heterocycles. The van der Waals surface area contributed by atoms with Crippen LogP contribution in [0.2, 0.25) is 0 Å². The number of anilines is 1. The summed E-state index contributed by atoms with van der Waals surface area (Å²) in [4.78, 5) is 16.2. The lowest BCUT2D eigenvalue weighted by Gasteiger charge is -2.38. The zero-order valence-electron chi connectivity index (χ0n) is 9.85. The minimum Gasteiger partial charge on any atom is -0.364 e. The van der Waals surface area contributed by atoms with Crippen LogP contribution in [0.3, 0.4) is 0 Å². The normalized spacial score (nSPS) is 21.9. The van der Waals surface area contributed by atoms with E-state index in [4.69, 9.17) is 5.73 Å². The molecule has 2 fully saturated rings. The Morgan fingerprint density at radius 1 is 1.53 bits per heavy atom. The first-order chi connectivity index (χ1) is 8.18. The molecule has 0 aromatic carbocycles. The summed E-state index contributed by atoms with van der Waals surface area (Å²) in [5, 5.41) is 3.11. The van der Waals surface area contributed by atoms with E-state index in [9.17, 15) is 4.79 Å². The van der Waals surface area contributed by atoms with Gasteiger partial charge in [0.2, 0.25) is 0 Å². The molecule has 1 aromatic rings. The van der Waals surface area contributed by atoms with Crippen LogP contribution >= 0.6 is 0 Å². The molecule has 0 saturated heterocycles. The average Bonchev–Trinajstić information content (AvgIpc) is 3.09. The molecule has 0 spiro atoms. The molecule has 0 radical (unpaired) electrons. The third kappa shape index (κ3) is 2.07. The third-order valence-corrected chi connectivity index (χ3v) is 3.77. The van der Waals surface area contributed by atoms with Gasteiger partial charge in [0, 0.05) is 30.5 Å². The van der Waals surface area contributed by atoms with Crippen LogP contribution < -0.4 is 16.6 Å². The molecule has 92 valence electrons. The van der Waals surface area contributed by atoms with Crippen LogP contribution in [0.5, 0.6) is 0 Å². The van der Waals surface area contributed by atoms with Gasteiger partial charge in [-0.1, -0.05) is 0 Å². The summed E-state index contributed by atoms with van der Waals surface area (Å²) in [5.74, 6) is 0.441. The SMILES string of the molecule is NC1(CNc2nccn(C3CC3)c2=O)CCC1. The highest BCUT2D eigenvalue weighted by molar-refractivity contribution is 5.32. The van der Waals surface area contributed by atoms with E-state index in [1.165, 1.54) is 6.42 Å². The van der Waals surface area contributed by atoms with Crippen molar-refractivity contribution >= 4 is 5.82 Å². The summed E-state index contributed by atoms with van der Waals surface area (Å²) in [7, 11) is 0. The maximum absolute atomic E-state index is 12.1. The smallest absolute Gasteiger partial charge is 0.293 e. The number of hydrogen-bond donors (Lipinski definition) is 2. The first kappa shape index (κ1) is 10.8. The summed E-state index contributed by atoms with van der Waals surface area (Å²) in [6.45, 7) is 0.643.